The highest BCUT2D eigenvalue weighted by Crippen LogP contribution is 2.14. The average Bonchev–Trinajstić information content (AvgIpc) is 2.38. The van der Waals surface area contributed by atoms with E-state index in [0.29, 0.717) is 0 Å². The van der Waals surface area contributed by atoms with E-state index in [1.807, 2.05) is 0 Å². The minimum absolute atomic E-state index is 0.0180. The van der Waals surface area contributed by atoms with Crippen molar-refractivity contribution in [3.05, 3.63) is 69.4 Å². The third-order valence-corrected chi connectivity index (χ3v) is 2.80. The van der Waals surface area contributed by atoms with Gasteiger partial charge in [0.25, 0.3) is 5.56 Å². The molecular weight excluding hydrogens is 271 g/mol. The molecule has 0 aliphatic heterocycles. The molecule has 0 spiro atoms. The molecule has 1 heterocycles. The summed E-state index contributed by atoms with van der Waals surface area (Å²) >= 11 is 0. The Morgan fingerprint density at radius 2 is 1.80 bits per heavy atom. The number of aromatic nitrogens is 1. The third-order valence-electron chi connectivity index (χ3n) is 2.80. The van der Waals surface area contributed by atoms with Crippen LogP contribution in [-0.4, -0.2) is 10.4 Å². The number of Topliss-reactive ketones (excluding diaryl/α,β-unsaturated/α-hetero) is 1. The largest absolute Gasteiger partial charge is 0.310 e. The number of halogens is 3. The summed E-state index contributed by atoms with van der Waals surface area (Å²) in [5, 5.41) is 0. The summed E-state index contributed by atoms with van der Waals surface area (Å²) in [7, 11) is 0. The Bertz CT molecular complexity index is 714. The number of nitrogens with zero attached hydrogens (tertiary/aromatic N) is 1. The van der Waals surface area contributed by atoms with E-state index in [-0.39, 0.29) is 17.7 Å². The molecular formula is C14H10F3NO2. The lowest BCUT2D eigenvalue weighted by Crippen LogP contribution is -2.25. The van der Waals surface area contributed by atoms with Crippen LogP contribution in [0.15, 0.2) is 35.3 Å². The molecule has 0 radical (unpaired) electrons. The second-order valence-corrected chi connectivity index (χ2v) is 4.28. The molecule has 6 heteroatoms. The van der Waals surface area contributed by atoms with Crippen molar-refractivity contribution >= 4 is 5.78 Å². The maximum atomic E-state index is 13.1. The van der Waals surface area contributed by atoms with Crippen molar-refractivity contribution in [2.24, 2.45) is 0 Å². The van der Waals surface area contributed by atoms with Gasteiger partial charge in [-0.2, -0.15) is 0 Å². The quantitative estimate of drug-likeness (QED) is 0.640. The van der Waals surface area contributed by atoms with Crippen LogP contribution >= 0.6 is 0 Å². The Morgan fingerprint density at radius 3 is 2.35 bits per heavy atom. The van der Waals surface area contributed by atoms with Crippen LogP contribution in [0.25, 0.3) is 0 Å². The van der Waals surface area contributed by atoms with Crippen molar-refractivity contribution in [1.29, 1.82) is 0 Å². The smallest absolute Gasteiger partial charge is 0.261 e. The Morgan fingerprint density at radius 1 is 1.20 bits per heavy atom. The van der Waals surface area contributed by atoms with Gasteiger partial charge in [0.1, 0.15) is 0 Å². The van der Waals surface area contributed by atoms with Gasteiger partial charge in [-0.15, -0.1) is 0 Å². The van der Waals surface area contributed by atoms with Gasteiger partial charge in [0.05, 0.1) is 12.1 Å². The van der Waals surface area contributed by atoms with Gasteiger partial charge in [-0.25, -0.2) is 13.2 Å². The summed E-state index contributed by atoms with van der Waals surface area (Å²) < 4.78 is 40.2. The number of hydrogen-bond acceptors (Lipinski definition) is 2. The second-order valence-electron chi connectivity index (χ2n) is 4.28. The van der Waals surface area contributed by atoms with E-state index in [9.17, 15) is 22.8 Å². The van der Waals surface area contributed by atoms with Crippen LogP contribution in [0.1, 0.15) is 22.8 Å². The van der Waals surface area contributed by atoms with Crippen molar-refractivity contribution in [3.63, 3.8) is 0 Å². The van der Waals surface area contributed by atoms with Crippen LogP contribution in [0, 0.1) is 17.5 Å². The number of benzene rings is 1. The fraction of sp³-hybridized carbons (Fsp3) is 0.143. The fourth-order valence-corrected chi connectivity index (χ4v) is 1.83. The highest BCUT2D eigenvalue weighted by molar-refractivity contribution is 5.93. The summed E-state index contributed by atoms with van der Waals surface area (Å²) in [6.07, 6.45) is 1.38. The molecule has 2 rings (SSSR count). The van der Waals surface area contributed by atoms with Crippen LogP contribution in [0.5, 0.6) is 0 Å². The molecule has 1 aromatic heterocycles. The fourth-order valence-electron chi connectivity index (χ4n) is 1.83. The van der Waals surface area contributed by atoms with Crippen LogP contribution in [0.3, 0.4) is 0 Å². The van der Waals surface area contributed by atoms with Crippen molar-refractivity contribution in [2.75, 3.05) is 0 Å². The standard InChI is InChI=1S/C14H10F3NO2/c1-8(19)10-3-2-4-18(14(10)20)7-9-5-11(15)13(17)12(16)6-9/h2-6H,7H2,1H3. The van der Waals surface area contributed by atoms with Gasteiger partial charge in [-0.3, -0.25) is 9.59 Å². The minimum Gasteiger partial charge on any atom is -0.310 e. The van der Waals surface area contributed by atoms with E-state index >= 15 is 0 Å². The second kappa shape index (κ2) is 5.32. The number of rotatable bonds is 3. The predicted molar refractivity (Wildman–Crippen MR) is 66.1 cm³/mol. The first-order chi connectivity index (χ1) is 9.40. The molecule has 0 aliphatic carbocycles. The normalized spacial score (nSPS) is 10.6. The Hall–Kier alpha value is -2.37. The Labute approximate surface area is 112 Å². The number of ketones is 1. The molecule has 20 heavy (non-hydrogen) atoms. The van der Waals surface area contributed by atoms with Crippen LogP contribution < -0.4 is 5.56 Å². The summed E-state index contributed by atoms with van der Waals surface area (Å²) in [5.74, 6) is -4.61. The van der Waals surface area contributed by atoms with Crippen LogP contribution in [0.4, 0.5) is 13.2 Å². The first kappa shape index (κ1) is 14.0. The van der Waals surface area contributed by atoms with E-state index in [2.05, 4.69) is 0 Å². The summed E-state index contributed by atoms with van der Waals surface area (Å²) in [6.45, 7) is 1.09. The zero-order valence-electron chi connectivity index (χ0n) is 10.5. The first-order valence-corrected chi connectivity index (χ1v) is 5.74. The van der Waals surface area contributed by atoms with Gasteiger partial charge in [0.15, 0.2) is 23.2 Å². The molecule has 0 atom stereocenters. The molecule has 0 amide bonds. The Kier molecular flexibility index (Phi) is 3.74. The molecule has 104 valence electrons. The molecule has 2 aromatic rings. The number of hydrogen-bond donors (Lipinski definition) is 0. The summed E-state index contributed by atoms with van der Waals surface area (Å²) in [6, 6.07) is 4.47. The van der Waals surface area contributed by atoms with Gasteiger partial charge < -0.3 is 4.57 Å². The average molecular weight is 281 g/mol. The van der Waals surface area contributed by atoms with E-state index in [1.165, 1.54) is 25.3 Å². The highest BCUT2D eigenvalue weighted by atomic mass is 19.2. The molecule has 0 N–H and O–H groups in total. The first-order valence-electron chi connectivity index (χ1n) is 5.74. The SMILES string of the molecule is CC(=O)c1cccn(Cc2cc(F)c(F)c(F)c2)c1=O. The monoisotopic (exact) mass is 281 g/mol. The zero-order valence-corrected chi connectivity index (χ0v) is 10.5. The Balaban J connectivity index is 2.43. The van der Waals surface area contributed by atoms with Gasteiger partial charge in [-0.1, -0.05) is 0 Å². The maximum absolute atomic E-state index is 13.1. The van der Waals surface area contributed by atoms with Gasteiger partial charge in [0, 0.05) is 6.20 Å². The van der Waals surface area contributed by atoms with Gasteiger partial charge in [0.2, 0.25) is 0 Å². The summed E-state index contributed by atoms with van der Waals surface area (Å²) in [4.78, 5) is 23.2. The molecule has 0 unspecified atom stereocenters. The molecule has 3 nitrogen and oxygen atoms in total. The van der Waals surface area contributed by atoms with E-state index in [0.717, 1.165) is 16.7 Å². The third kappa shape index (κ3) is 2.64. The molecule has 0 fully saturated rings. The van der Waals surface area contributed by atoms with Crippen LogP contribution in [0.2, 0.25) is 0 Å². The van der Waals surface area contributed by atoms with Gasteiger partial charge in [-0.05, 0) is 36.8 Å². The van der Waals surface area contributed by atoms with Crippen molar-refractivity contribution in [2.45, 2.75) is 13.5 Å². The maximum Gasteiger partial charge on any atom is 0.261 e. The lowest BCUT2D eigenvalue weighted by Gasteiger charge is -2.08. The van der Waals surface area contributed by atoms with Crippen LogP contribution in [-0.2, 0) is 6.54 Å². The predicted octanol–water partition coefficient (Wildman–Crippen LogP) is 2.52. The molecule has 0 saturated carbocycles. The lowest BCUT2D eigenvalue weighted by molar-refractivity contribution is 0.101. The number of carbonyl (C=O) groups excluding carboxylic acids is 1. The van der Waals surface area contributed by atoms with E-state index in [1.54, 1.807) is 0 Å². The van der Waals surface area contributed by atoms with Gasteiger partial charge >= 0.3 is 0 Å². The van der Waals surface area contributed by atoms with Crippen molar-refractivity contribution < 1.29 is 18.0 Å². The highest BCUT2D eigenvalue weighted by Gasteiger charge is 2.12. The summed E-state index contributed by atoms with van der Waals surface area (Å²) in [5.41, 5.74) is -0.495. The molecule has 1 aromatic carbocycles. The number of pyridine rings is 1. The van der Waals surface area contributed by atoms with Crippen molar-refractivity contribution in [3.8, 4) is 0 Å². The van der Waals surface area contributed by atoms with E-state index < -0.39 is 28.8 Å². The number of carbonyl (C=O) groups is 1. The molecule has 0 bridgehead atoms. The van der Waals surface area contributed by atoms with Crippen molar-refractivity contribution in [1.82, 2.24) is 4.57 Å². The van der Waals surface area contributed by atoms with E-state index in [4.69, 9.17) is 0 Å². The molecule has 0 aliphatic rings. The molecule has 0 saturated heterocycles. The zero-order chi connectivity index (χ0) is 14.9. The lowest BCUT2D eigenvalue weighted by atomic mass is 10.1. The topological polar surface area (TPSA) is 39.1 Å². The minimum atomic E-state index is -1.56.